The Kier molecular flexibility index (Phi) is 8.11. The lowest BCUT2D eigenvalue weighted by Gasteiger charge is -2.29. The van der Waals surface area contributed by atoms with Crippen molar-refractivity contribution in [3.63, 3.8) is 0 Å². The Morgan fingerprint density at radius 3 is 2.33 bits per heavy atom. The van der Waals surface area contributed by atoms with Gasteiger partial charge in [-0.2, -0.15) is 0 Å². The maximum atomic E-state index is 13.0. The maximum absolute atomic E-state index is 13.0. The van der Waals surface area contributed by atoms with Crippen LogP contribution in [0, 0.1) is 17.0 Å². The Morgan fingerprint density at radius 2 is 1.83 bits per heavy atom. The molecule has 0 N–H and O–H groups in total. The van der Waals surface area contributed by atoms with E-state index in [-0.39, 0.29) is 42.2 Å². The summed E-state index contributed by atoms with van der Waals surface area (Å²) in [6.07, 6.45) is 0. The highest BCUT2D eigenvalue weighted by molar-refractivity contribution is 5.96. The first-order valence-electron chi connectivity index (χ1n) is 9.60. The third-order valence-corrected chi connectivity index (χ3v) is 4.58. The minimum Gasteiger partial charge on any atom is -0.464 e. The molecule has 2 amide bonds. The van der Waals surface area contributed by atoms with Crippen molar-refractivity contribution in [1.29, 1.82) is 0 Å². The Balaban J connectivity index is 2.15. The molecule has 1 aromatic heterocycles. The fourth-order valence-corrected chi connectivity index (χ4v) is 2.88. The molecule has 0 aliphatic heterocycles. The smallest absolute Gasteiger partial charge is 0.269 e. The van der Waals surface area contributed by atoms with Gasteiger partial charge in [0.05, 0.1) is 18.1 Å². The number of rotatable bonds is 10. The molecule has 0 unspecified atom stereocenters. The summed E-state index contributed by atoms with van der Waals surface area (Å²) in [4.78, 5) is 39.3. The number of hydrogen-bond acceptors (Lipinski definition) is 6. The number of methoxy groups -OCH3 is 1. The number of nitrogens with zero attached hydrogens (tertiary/aromatic N) is 3. The van der Waals surface area contributed by atoms with Crippen LogP contribution < -0.4 is 0 Å². The highest BCUT2D eigenvalue weighted by Crippen LogP contribution is 2.16. The summed E-state index contributed by atoms with van der Waals surface area (Å²) in [5, 5.41) is 10.8. The highest BCUT2D eigenvalue weighted by Gasteiger charge is 2.25. The number of nitro groups is 1. The highest BCUT2D eigenvalue weighted by atomic mass is 16.6. The quantitative estimate of drug-likeness (QED) is 0.434. The third kappa shape index (κ3) is 6.15. The number of carbonyl (C=O) groups excluding carboxylic acids is 2. The van der Waals surface area contributed by atoms with E-state index in [1.165, 1.54) is 29.2 Å². The molecule has 0 aliphatic carbocycles. The van der Waals surface area contributed by atoms with E-state index in [1.807, 2.05) is 32.9 Å². The van der Waals surface area contributed by atoms with Crippen LogP contribution in [0.2, 0.25) is 0 Å². The Bertz CT molecular complexity index is 875. The van der Waals surface area contributed by atoms with Crippen molar-refractivity contribution in [2.24, 2.45) is 0 Å². The minimum atomic E-state index is -0.526. The predicted octanol–water partition coefficient (Wildman–Crippen LogP) is 3.02. The number of nitro benzene ring substituents is 1. The lowest BCUT2D eigenvalue weighted by molar-refractivity contribution is -0.384. The second-order valence-corrected chi connectivity index (χ2v) is 7.15. The molecule has 0 saturated carbocycles. The van der Waals surface area contributed by atoms with Crippen molar-refractivity contribution in [2.45, 2.75) is 33.4 Å². The fraction of sp³-hybridized carbons (Fsp3) is 0.429. The first-order chi connectivity index (χ1) is 14.2. The molecular weight excluding hydrogens is 390 g/mol. The molecule has 0 saturated heterocycles. The molecule has 162 valence electrons. The normalized spacial score (nSPS) is 10.8. The number of ether oxygens (including phenoxy) is 1. The van der Waals surface area contributed by atoms with E-state index in [1.54, 1.807) is 12.0 Å². The summed E-state index contributed by atoms with van der Waals surface area (Å²) in [7, 11) is 1.55. The van der Waals surface area contributed by atoms with Gasteiger partial charge in [0.25, 0.3) is 11.6 Å². The van der Waals surface area contributed by atoms with Gasteiger partial charge < -0.3 is 19.0 Å². The van der Waals surface area contributed by atoms with Crippen LogP contribution in [0.3, 0.4) is 0 Å². The van der Waals surface area contributed by atoms with Gasteiger partial charge in [-0.05, 0) is 45.0 Å². The van der Waals surface area contributed by atoms with Gasteiger partial charge >= 0.3 is 0 Å². The number of furan rings is 1. The van der Waals surface area contributed by atoms with Crippen LogP contribution in [0.1, 0.15) is 35.7 Å². The summed E-state index contributed by atoms with van der Waals surface area (Å²) in [5.41, 5.74) is 0.186. The van der Waals surface area contributed by atoms with Gasteiger partial charge in [0.15, 0.2) is 0 Å². The first kappa shape index (κ1) is 23.1. The van der Waals surface area contributed by atoms with E-state index in [0.29, 0.717) is 18.9 Å². The van der Waals surface area contributed by atoms with Crippen molar-refractivity contribution in [2.75, 3.05) is 26.8 Å². The maximum Gasteiger partial charge on any atom is 0.269 e. The van der Waals surface area contributed by atoms with Crippen LogP contribution in [0.5, 0.6) is 0 Å². The van der Waals surface area contributed by atoms with Crippen LogP contribution in [0.25, 0.3) is 0 Å². The molecule has 0 atom stereocenters. The van der Waals surface area contributed by atoms with Crippen LogP contribution in [-0.2, 0) is 16.1 Å². The number of carbonyl (C=O) groups is 2. The van der Waals surface area contributed by atoms with Crippen molar-refractivity contribution in [3.05, 3.63) is 63.6 Å². The number of hydrogen-bond donors (Lipinski definition) is 0. The standard InChI is InChI=1S/C21H27N3O6/c1-15(2)23(21(26)17-6-8-18(9-7-17)24(27)28)14-20(25)22(11-12-29-4)13-19-10-5-16(3)30-19/h5-10,15H,11-14H2,1-4H3. The molecule has 2 aromatic rings. The molecule has 1 heterocycles. The SMILES string of the molecule is COCCN(Cc1ccc(C)o1)C(=O)CN(C(=O)c1ccc([N+](=O)[O-])cc1)C(C)C. The molecule has 0 spiro atoms. The van der Waals surface area contributed by atoms with Crippen LogP contribution in [0.15, 0.2) is 40.8 Å². The molecule has 9 nitrogen and oxygen atoms in total. The minimum absolute atomic E-state index is 0.0989. The Morgan fingerprint density at radius 1 is 1.17 bits per heavy atom. The lowest BCUT2D eigenvalue weighted by atomic mass is 10.1. The number of benzene rings is 1. The van der Waals surface area contributed by atoms with Crippen LogP contribution >= 0.6 is 0 Å². The molecule has 0 fully saturated rings. The Hall–Kier alpha value is -3.20. The number of non-ortho nitro benzene ring substituents is 1. The summed E-state index contributed by atoms with van der Waals surface area (Å²) >= 11 is 0. The third-order valence-electron chi connectivity index (χ3n) is 4.58. The molecule has 0 radical (unpaired) electrons. The van der Waals surface area contributed by atoms with Gasteiger partial charge in [0.1, 0.15) is 18.1 Å². The van der Waals surface area contributed by atoms with E-state index in [4.69, 9.17) is 9.15 Å². The first-order valence-corrected chi connectivity index (χ1v) is 9.60. The zero-order valence-corrected chi connectivity index (χ0v) is 17.7. The van der Waals surface area contributed by atoms with Gasteiger partial charge in [0, 0.05) is 37.4 Å². The van der Waals surface area contributed by atoms with Gasteiger partial charge in [-0.1, -0.05) is 0 Å². The zero-order valence-electron chi connectivity index (χ0n) is 17.7. The molecule has 1 aromatic carbocycles. The predicted molar refractivity (Wildman–Crippen MR) is 110 cm³/mol. The molecule has 0 bridgehead atoms. The van der Waals surface area contributed by atoms with E-state index >= 15 is 0 Å². The van der Waals surface area contributed by atoms with Crippen LogP contribution in [0.4, 0.5) is 5.69 Å². The molecular formula is C21H27N3O6. The van der Waals surface area contributed by atoms with E-state index in [0.717, 1.165) is 5.76 Å². The van der Waals surface area contributed by atoms with Crippen molar-refractivity contribution in [3.8, 4) is 0 Å². The second kappa shape index (κ2) is 10.5. The molecule has 30 heavy (non-hydrogen) atoms. The Labute approximate surface area is 175 Å². The second-order valence-electron chi connectivity index (χ2n) is 7.15. The molecule has 9 heteroatoms. The van der Waals surface area contributed by atoms with Gasteiger partial charge in [-0.3, -0.25) is 19.7 Å². The number of amides is 2. The van der Waals surface area contributed by atoms with Crippen molar-refractivity contribution in [1.82, 2.24) is 9.80 Å². The molecule has 0 aliphatic rings. The summed E-state index contributed by atoms with van der Waals surface area (Å²) in [6.45, 7) is 6.30. The van der Waals surface area contributed by atoms with E-state index in [2.05, 4.69) is 0 Å². The van der Waals surface area contributed by atoms with Crippen molar-refractivity contribution < 1.29 is 23.7 Å². The van der Waals surface area contributed by atoms with Gasteiger partial charge in [-0.15, -0.1) is 0 Å². The van der Waals surface area contributed by atoms with E-state index < -0.39 is 4.92 Å². The summed E-state index contributed by atoms with van der Waals surface area (Å²) in [5.74, 6) is 0.787. The van der Waals surface area contributed by atoms with Crippen molar-refractivity contribution >= 4 is 17.5 Å². The average Bonchev–Trinajstić information content (AvgIpc) is 3.13. The number of aryl methyl sites for hydroxylation is 1. The lowest BCUT2D eigenvalue weighted by Crippen LogP contribution is -2.46. The topological polar surface area (TPSA) is 106 Å². The molecule has 2 rings (SSSR count). The average molecular weight is 417 g/mol. The van der Waals surface area contributed by atoms with Gasteiger partial charge in [-0.25, -0.2) is 0 Å². The van der Waals surface area contributed by atoms with Gasteiger partial charge in [0.2, 0.25) is 5.91 Å². The zero-order chi connectivity index (χ0) is 22.3. The van der Waals surface area contributed by atoms with Crippen LogP contribution in [-0.4, -0.2) is 59.4 Å². The monoisotopic (exact) mass is 417 g/mol. The fourth-order valence-electron chi connectivity index (χ4n) is 2.88. The summed E-state index contributed by atoms with van der Waals surface area (Å²) < 4.78 is 10.7. The van der Waals surface area contributed by atoms with E-state index in [9.17, 15) is 19.7 Å². The summed E-state index contributed by atoms with van der Waals surface area (Å²) in [6, 6.07) is 8.74. The largest absolute Gasteiger partial charge is 0.464 e.